The first-order chi connectivity index (χ1) is 11.4. The van der Waals surface area contributed by atoms with Gasteiger partial charge in [-0.25, -0.2) is 0 Å². The third-order valence-electron chi connectivity index (χ3n) is 4.21. The number of aliphatic carboxylic acids is 1. The Kier molecular flexibility index (Phi) is 6.62. The number of amides is 2. The van der Waals surface area contributed by atoms with Gasteiger partial charge in [0.05, 0.1) is 16.8 Å². The maximum Gasteiger partial charge on any atom is 0.306 e. The van der Waals surface area contributed by atoms with Crippen LogP contribution in [0.3, 0.4) is 0 Å². The Labute approximate surface area is 150 Å². The summed E-state index contributed by atoms with van der Waals surface area (Å²) in [5, 5.41) is 8.97. The van der Waals surface area contributed by atoms with Gasteiger partial charge in [0.2, 0.25) is 11.8 Å². The van der Waals surface area contributed by atoms with Gasteiger partial charge in [0.1, 0.15) is 0 Å². The number of halogens is 1. The summed E-state index contributed by atoms with van der Waals surface area (Å²) < 4.78 is 0.700. The minimum atomic E-state index is -0.803. The van der Waals surface area contributed by atoms with Crippen LogP contribution in [0, 0.1) is 5.92 Å². The molecule has 0 spiro atoms. The zero-order chi connectivity index (χ0) is 17.7. The average Bonchev–Trinajstić information content (AvgIpc) is 2.98. The van der Waals surface area contributed by atoms with Crippen LogP contribution in [0.1, 0.15) is 24.1 Å². The summed E-state index contributed by atoms with van der Waals surface area (Å²) in [6.07, 6.45) is 1.89. The van der Waals surface area contributed by atoms with Crippen LogP contribution in [-0.4, -0.2) is 59.4 Å². The Bertz CT molecular complexity index is 611. The summed E-state index contributed by atoms with van der Waals surface area (Å²) in [5.41, 5.74) is 0. The molecule has 0 aliphatic carbocycles. The molecule has 0 saturated carbocycles. The van der Waals surface area contributed by atoms with Crippen molar-refractivity contribution >= 4 is 40.7 Å². The lowest BCUT2D eigenvalue weighted by molar-refractivity contribution is -0.146. The van der Waals surface area contributed by atoms with Crippen LogP contribution in [0.5, 0.6) is 0 Å². The first-order valence-electron chi connectivity index (χ1n) is 7.85. The molecule has 1 aromatic rings. The molecule has 6 nitrogen and oxygen atoms in total. The van der Waals surface area contributed by atoms with Gasteiger partial charge in [-0.2, -0.15) is 0 Å². The Hall–Kier alpha value is -1.60. The Morgan fingerprint density at radius 2 is 2.00 bits per heavy atom. The standard InChI is InChI=1S/C16H21ClN2O4S/c1-18(14(20)5-3-12-2-4-13(17)24-12)10-15(21)19-8-6-11(7-9-19)16(22)23/h2,4,11H,3,5-10H2,1H3,(H,22,23). The molecule has 24 heavy (non-hydrogen) atoms. The van der Waals surface area contributed by atoms with E-state index in [1.165, 1.54) is 16.2 Å². The van der Waals surface area contributed by atoms with Gasteiger partial charge in [-0.1, -0.05) is 11.6 Å². The number of carboxylic acid groups (broad SMARTS) is 1. The van der Waals surface area contributed by atoms with Crippen LogP contribution < -0.4 is 0 Å². The second-order valence-electron chi connectivity index (χ2n) is 5.95. The minimum absolute atomic E-state index is 0.0295. The number of carbonyl (C=O) groups excluding carboxylic acids is 2. The second-order valence-corrected chi connectivity index (χ2v) is 7.75. The highest BCUT2D eigenvalue weighted by Gasteiger charge is 2.27. The lowest BCUT2D eigenvalue weighted by Gasteiger charge is -2.31. The summed E-state index contributed by atoms with van der Waals surface area (Å²) in [6, 6.07) is 3.71. The van der Waals surface area contributed by atoms with Crippen molar-refractivity contribution in [2.75, 3.05) is 26.7 Å². The number of aryl methyl sites for hydroxylation is 1. The first kappa shape index (κ1) is 18.7. The summed E-state index contributed by atoms with van der Waals surface area (Å²) in [5.74, 6) is -1.39. The number of rotatable bonds is 6. The van der Waals surface area contributed by atoms with Crippen LogP contribution in [0.4, 0.5) is 0 Å². The van der Waals surface area contributed by atoms with Gasteiger partial charge in [0.25, 0.3) is 0 Å². The van der Waals surface area contributed by atoms with Crippen molar-refractivity contribution in [1.82, 2.24) is 9.80 Å². The fraction of sp³-hybridized carbons (Fsp3) is 0.562. The highest BCUT2D eigenvalue weighted by molar-refractivity contribution is 7.16. The molecule has 1 aliphatic heterocycles. The Morgan fingerprint density at radius 1 is 1.33 bits per heavy atom. The summed E-state index contributed by atoms with van der Waals surface area (Å²) in [6.45, 7) is 0.902. The highest BCUT2D eigenvalue weighted by atomic mass is 35.5. The highest BCUT2D eigenvalue weighted by Crippen LogP contribution is 2.22. The molecule has 1 aromatic heterocycles. The molecule has 1 saturated heterocycles. The number of carbonyl (C=O) groups is 3. The van der Waals surface area contributed by atoms with Crippen LogP contribution in [0.15, 0.2) is 12.1 Å². The number of nitrogens with zero attached hydrogens (tertiary/aromatic N) is 2. The van der Waals surface area contributed by atoms with E-state index in [2.05, 4.69) is 0 Å². The van der Waals surface area contributed by atoms with Gasteiger partial charge in [-0.3, -0.25) is 14.4 Å². The zero-order valence-corrected chi connectivity index (χ0v) is 15.1. The van der Waals surface area contributed by atoms with E-state index < -0.39 is 5.97 Å². The van der Waals surface area contributed by atoms with Gasteiger partial charge in [-0.05, 0) is 31.4 Å². The van der Waals surface area contributed by atoms with Crippen molar-refractivity contribution < 1.29 is 19.5 Å². The molecule has 0 aromatic carbocycles. The van der Waals surface area contributed by atoms with E-state index in [9.17, 15) is 14.4 Å². The normalized spacial score (nSPS) is 15.3. The van der Waals surface area contributed by atoms with E-state index >= 15 is 0 Å². The zero-order valence-electron chi connectivity index (χ0n) is 13.5. The van der Waals surface area contributed by atoms with E-state index in [0.717, 1.165) is 4.88 Å². The number of piperidine rings is 1. The van der Waals surface area contributed by atoms with Gasteiger partial charge in [0.15, 0.2) is 0 Å². The molecule has 0 atom stereocenters. The predicted molar refractivity (Wildman–Crippen MR) is 92.2 cm³/mol. The number of carboxylic acids is 1. The fourth-order valence-corrected chi connectivity index (χ4v) is 3.76. The van der Waals surface area contributed by atoms with Gasteiger partial charge >= 0.3 is 5.97 Å². The topological polar surface area (TPSA) is 77.9 Å². The summed E-state index contributed by atoms with van der Waals surface area (Å²) in [4.78, 5) is 39.4. The van der Waals surface area contributed by atoms with E-state index in [0.29, 0.717) is 43.1 Å². The van der Waals surface area contributed by atoms with Crippen LogP contribution in [0.25, 0.3) is 0 Å². The number of likely N-dealkylation sites (N-methyl/N-ethyl adjacent to an activating group) is 1. The van der Waals surface area contributed by atoms with Crippen molar-refractivity contribution in [1.29, 1.82) is 0 Å². The molecule has 1 N–H and O–H groups in total. The summed E-state index contributed by atoms with van der Waals surface area (Å²) in [7, 11) is 1.62. The van der Waals surface area contributed by atoms with Crippen molar-refractivity contribution in [3.63, 3.8) is 0 Å². The number of hydrogen-bond acceptors (Lipinski definition) is 4. The minimum Gasteiger partial charge on any atom is -0.481 e. The van der Waals surface area contributed by atoms with Crippen molar-refractivity contribution in [2.24, 2.45) is 5.92 Å². The van der Waals surface area contributed by atoms with Crippen molar-refractivity contribution in [3.05, 3.63) is 21.3 Å². The van der Waals surface area contributed by atoms with Crippen LogP contribution in [-0.2, 0) is 20.8 Å². The van der Waals surface area contributed by atoms with Crippen molar-refractivity contribution in [3.8, 4) is 0 Å². The van der Waals surface area contributed by atoms with Gasteiger partial charge in [0, 0.05) is 31.4 Å². The molecule has 8 heteroatoms. The maximum absolute atomic E-state index is 12.2. The van der Waals surface area contributed by atoms with Crippen LogP contribution in [0.2, 0.25) is 4.34 Å². The fourth-order valence-electron chi connectivity index (χ4n) is 2.67. The molecular weight excluding hydrogens is 352 g/mol. The molecular formula is C16H21ClN2O4S. The quantitative estimate of drug-likeness (QED) is 0.829. The van der Waals surface area contributed by atoms with Crippen LogP contribution >= 0.6 is 22.9 Å². The number of likely N-dealkylation sites (tertiary alicyclic amines) is 1. The van der Waals surface area contributed by atoms with Gasteiger partial charge < -0.3 is 14.9 Å². The lowest BCUT2D eigenvalue weighted by atomic mass is 9.97. The molecule has 1 fully saturated rings. The predicted octanol–water partition coefficient (Wildman–Crippen LogP) is 2.12. The molecule has 0 radical (unpaired) electrons. The SMILES string of the molecule is CN(CC(=O)N1CCC(C(=O)O)CC1)C(=O)CCc1ccc(Cl)s1. The first-order valence-corrected chi connectivity index (χ1v) is 9.05. The Morgan fingerprint density at radius 3 is 2.54 bits per heavy atom. The monoisotopic (exact) mass is 372 g/mol. The molecule has 2 amide bonds. The molecule has 0 unspecified atom stereocenters. The van der Waals surface area contributed by atoms with Gasteiger partial charge in [-0.15, -0.1) is 11.3 Å². The third-order valence-corrected chi connectivity index (χ3v) is 5.50. The average molecular weight is 373 g/mol. The molecule has 0 bridgehead atoms. The van der Waals surface area contributed by atoms with E-state index in [1.54, 1.807) is 18.0 Å². The number of thiophene rings is 1. The second kappa shape index (κ2) is 8.48. The molecule has 132 valence electrons. The third kappa shape index (κ3) is 5.21. The Balaban J connectivity index is 1.74. The molecule has 2 rings (SSSR count). The van der Waals surface area contributed by atoms with E-state index in [4.69, 9.17) is 16.7 Å². The molecule has 1 aliphatic rings. The largest absolute Gasteiger partial charge is 0.481 e. The lowest BCUT2D eigenvalue weighted by Crippen LogP contribution is -2.45. The van der Waals surface area contributed by atoms with Crippen molar-refractivity contribution in [2.45, 2.75) is 25.7 Å². The number of hydrogen-bond donors (Lipinski definition) is 1. The maximum atomic E-state index is 12.2. The molecule has 2 heterocycles. The smallest absolute Gasteiger partial charge is 0.306 e. The van der Waals surface area contributed by atoms with E-state index in [1.807, 2.05) is 6.07 Å². The van der Waals surface area contributed by atoms with E-state index in [-0.39, 0.29) is 24.3 Å². The summed E-state index contributed by atoms with van der Waals surface area (Å²) >= 11 is 7.31.